The Morgan fingerprint density at radius 1 is 1.12 bits per heavy atom. The summed E-state index contributed by atoms with van der Waals surface area (Å²) in [5.74, 6) is 0.304. The van der Waals surface area contributed by atoms with Gasteiger partial charge in [0.1, 0.15) is 0 Å². The molecular weight excluding hydrogens is 322 g/mol. The first kappa shape index (κ1) is 18.5. The van der Waals surface area contributed by atoms with Crippen LogP contribution in [0.3, 0.4) is 0 Å². The Bertz CT molecular complexity index is 674. The van der Waals surface area contributed by atoms with Gasteiger partial charge in [0.2, 0.25) is 5.91 Å². The number of likely N-dealkylation sites (N-methyl/N-ethyl adjacent to an activating group) is 1. The van der Waals surface area contributed by atoms with Crippen molar-refractivity contribution < 1.29 is 4.79 Å². The van der Waals surface area contributed by atoms with Crippen molar-refractivity contribution >= 4 is 11.6 Å². The smallest absolute Gasteiger partial charge is 0.224 e. The van der Waals surface area contributed by atoms with Gasteiger partial charge >= 0.3 is 0 Å². The molecule has 1 heterocycles. The number of piperidine rings is 1. The summed E-state index contributed by atoms with van der Waals surface area (Å²) >= 11 is 0. The molecule has 1 saturated heterocycles. The van der Waals surface area contributed by atoms with Gasteiger partial charge in [-0.15, -0.1) is 0 Å². The van der Waals surface area contributed by atoms with Crippen LogP contribution in [-0.2, 0) is 11.3 Å². The van der Waals surface area contributed by atoms with Crippen molar-refractivity contribution in [2.75, 3.05) is 38.1 Å². The molecule has 0 spiro atoms. The molecule has 1 aliphatic heterocycles. The third-order valence-corrected chi connectivity index (χ3v) is 5.07. The van der Waals surface area contributed by atoms with E-state index >= 15 is 0 Å². The second kappa shape index (κ2) is 9.39. The molecule has 1 aliphatic rings. The van der Waals surface area contributed by atoms with Crippen LogP contribution in [0.1, 0.15) is 18.4 Å². The van der Waals surface area contributed by atoms with E-state index in [1.807, 2.05) is 24.3 Å². The lowest BCUT2D eigenvalue weighted by atomic mass is 9.96. The van der Waals surface area contributed by atoms with E-state index in [2.05, 4.69) is 58.6 Å². The molecule has 0 bridgehead atoms. The molecule has 4 heteroatoms. The van der Waals surface area contributed by atoms with Crippen molar-refractivity contribution in [2.24, 2.45) is 5.92 Å². The Balaban J connectivity index is 1.42. The topological polar surface area (TPSA) is 35.6 Å². The van der Waals surface area contributed by atoms with Gasteiger partial charge < -0.3 is 10.2 Å². The standard InChI is InChI=1S/C22H29N3O/c1-24(21-12-6-3-7-13-21)16-14-23-22(26)20-11-8-15-25(18-20)17-19-9-4-2-5-10-19/h2-7,9-10,12-13,20H,8,11,14-18H2,1H3,(H,23,26). The molecule has 138 valence electrons. The molecule has 0 aliphatic carbocycles. The van der Waals surface area contributed by atoms with E-state index in [0.29, 0.717) is 6.54 Å². The molecule has 4 nitrogen and oxygen atoms in total. The van der Waals surface area contributed by atoms with E-state index in [0.717, 1.165) is 39.0 Å². The number of likely N-dealkylation sites (tertiary alicyclic amines) is 1. The van der Waals surface area contributed by atoms with Gasteiger partial charge in [-0.1, -0.05) is 48.5 Å². The van der Waals surface area contributed by atoms with Gasteiger partial charge in [-0.3, -0.25) is 9.69 Å². The Morgan fingerprint density at radius 2 is 1.81 bits per heavy atom. The van der Waals surface area contributed by atoms with Crippen molar-refractivity contribution in [3.8, 4) is 0 Å². The van der Waals surface area contributed by atoms with E-state index in [-0.39, 0.29) is 11.8 Å². The van der Waals surface area contributed by atoms with Gasteiger partial charge in [0, 0.05) is 38.9 Å². The van der Waals surface area contributed by atoms with Crippen LogP contribution in [0.2, 0.25) is 0 Å². The van der Waals surface area contributed by atoms with Crippen LogP contribution < -0.4 is 10.2 Å². The zero-order valence-electron chi connectivity index (χ0n) is 15.6. The Labute approximate surface area is 156 Å². The Hall–Kier alpha value is -2.33. The van der Waals surface area contributed by atoms with Gasteiger partial charge in [0.25, 0.3) is 0 Å². The monoisotopic (exact) mass is 351 g/mol. The first-order valence-electron chi connectivity index (χ1n) is 9.52. The fraction of sp³-hybridized carbons (Fsp3) is 0.409. The Morgan fingerprint density at radius 3 is 2.54 bits per heavy atom. The molecule has 2 aromatic rings. The number of amides is 1. The van der Waals surface area contributed by atoms with Crippen molar-refractivity contribution in [3.63, 3.8) is 0 Å². The first-order chi connectivity index (χ1) is 12.7. The highest BCUT2D eigenvalue weighted by atomic mass is 16.1. The van der Waals surface area contributed by atoms with Gasteiger partial charge in [-0.05, 0) is 37.1 Å². The summed E-state index contributed by atoms with van der Waals surface area (Å²) in [4.78, 5) is 17.1. The highest BCUT2D eigenvalue weighted by Crippen LogP contribution is 2.19. The van der Waals surface area contributed by atoms with E-state index in [1.54, 1.807) is 0 Å². The Kier molecular flexibility index (Phi) is 6.67. The van der Waals surface area contributed by atoms with Crippen molar-refractivity contribution in [1.29, 1.82) is 0 Å². The maximum Gasteiger partial charge on any atom is 0.224 e. The molecule has 1 fully saturated rings. The summed E-state index contributed by atoms with van der Waals surface area (Å²) < 4.78 is 0. The number of rotatable bonds is 7. The molecule has 3 rings (SSSR count). The van der Waals surface area contributed by atoms with Gasteiger partial charge in [-0.25, -0.2) is 0 Å². The average Bonchev–Trinajstić information content (AvgIpc) is 2.69. The molecule has 1 unspecified atom stereocenters. The molecule has 0 aromatic heterocycles. The summed E-state index contributed by atoms with van der Waals surface area (Å²) in [7, 11) is 2.06. The summed E-state index contributed by atoms with van der Waals surface area (Å²) in [5.41, 5.74) is 2.49. The van der Waals surface area contributed by atoms with E-state index in [4.69, 9.17) is 0 Å². The van der Waals surface area contributed by atoms with Gasteiger partial charge in [0.15, 0.2) is 0 Å². The van der Waals surface area contributed by atoms with Gasteiger partial charge in [0.05, 0.1) is 5.92 Å². The minimum atomic E-state index is 0.106. The molecular formula is C22H29N3O. The van der Waals surface area contributed by atoms with Crippen LogP contribution in [0.25, 0.3) is 0 Å². The van der Waals surface area contributed by atoms with Crippen molar-refractivity contribution in [1.82, 2.24) is 10.2 Å². The maximum absolute atomic E-state index is 12.6. The minimum Gasteiger partial charge on any atom is -0.373 e. The first-order valence-corrected chi connectivity index (χ1v) is 9.52. The molecule has 1 amide bonds. The fourth-order valence-electron chi connectivity index (χ4n) is 3.56. The number of nitrogens with zero attached hydrogens (tertiary/aromatic N) is 2. The number of carbonyl (C=O) groups is 1. The number of para-hydroxylation sites is 1. The number of benzene rings is 2. The number of nitrogens with one attached hydrogen (secondary N) is 1. The van der Waals surface area contributed by atoms with Crippen LogP contribution >= 0.6 is 0 Å². The van der Waals surface area contributed by atoms with Crippen LogP contribution in [-0.4, -0.2) is 44.0 Å². The number of carbonyl (C=O) groups excluding carboxylic acids is 1. The normalized spacial score (nSPS) is 17.7. The molecule has 1 N–H and O–H groups in total. The highest BCUT2D eigenvalue weighted by Gasteiger charge is 2.25. The zero-order chi connectivity index (χ0) is 18.2. The predicted octanol–water partition coefficient (Wildman–Crippen LogP) is 3.15. The minimum absolute atomic E-state index is 0.106. The fourth-order valence-corrected chi connectivity index (χ4v) is 3.56. The van der Waals surface area contributed by atoms with Crippen LogP contribution in [0.4, 0.5) is 5.69 Å². The summed E-state index contributed by atoms with van der Waals surface area (Å²) in [6.07, 6.45) is 2.08. The second-order valence-corrected chi connectivity index (χ2v) is 7.11. The zero-order valence-corrected chi connectivity index (χ0v) is 15.6. The second-order valence-electron chi connectivity index (χ2n) is 7.11. The maximum atomic E-state index is 12.6. The van der Waals surface area contributed by atoms with Crippen molar-refractivity contribution in [2.45, 2.75) is 19.4 Å². The van der Waals surface area contributed by atoms with E-state index in [1.165, 1.54) is 11.3 Å². The average molecular weight is 351 g/mol. The van der Waals surface area contributed by atoms with Crippen molar-refractivity contribution in [3.05, 3.63) is 66.2 Å². The van der Waals surface area contributed by atoms with Gasteiger partial charge in [-0.2, -0.15) is 0 Å². The quantitative estimate of drug-likeness (QED) is 0.832. The summed E-state index contributed by atoms with van der Waals surface area (Å²) in [6.45, 7) is 4.36. The molecule has 0 radical (unpaired) electrons. The van der Waals surface area contributed by atoms with E-state index in [9.17, 15) is 4.79 Å². The molecule has 26 heavy (non-hydrogen) atoms. The lowest BCUT2D eigenvalue weighted by Gasteiger charge is -2.32. The molecule has 2 aromatic carbocycles. The van der Waals surface area contributed by atoms with Crippen LogP contribution in [0.15, 0.2) is 60.7 Å². The van der Waals surface area contributed by atoms with Crippen LogP contribution in [0.5, 0.6) is 0 Å². The largest absolute Gasteiger partial charge is 0.373 e. The third-order valence-electron chi connectivity index (χ3n) is 5.07. The summed E-state index contributed by atoms with van der Waals surface area (Å²) in [6, 6.07) is 20.8. The molecule has 0 saturated carbocycles. The number of hydrogen-bond acceptors (Lipinski definition) is 3. The number of hydrogen-bond donors (Lipinski definition) is 1. The number of anilines is 1. The molecule has 1 atom stereocenters. The van der Waals surface area contributed by atoms with E-state index < -0.39 is 0 Å². The highest BCUT2D eigenvalue weighted by molar-refractivity contribution is 5.79. The lowest BCUT2D eigenvalue weighted by molar-refractivity contribution is -0.126. The SMILES string of the molecule is CN(CCNC(=O)C1CCCN(Cc2ccccc2)C1)c1ccccc1. The predicted molar refractivity (Wildman–Crippen MR) is 107 cm³/mol. The lowest BCUT2D eigenvalue weighted by Crippen LogP contribution is -2.44. The third kappa shape index (κ3) is 5.33. The summed E-state index contributed by atoms with van der Waals surface area (Å²) in [5, 5.41) is 3.13. The van der Waals surface area contributed by atoms with Crippen LogP contribution in [0, 0.1) is 5.92 Å².